The van der Waals surface area contributed by atoms with Gasteiger partial charge in [0.25, 0.3) is 11.8 Å². The monoisotopic (exact) mass is 365 g/mol. The number of nitrogens with zero attached hydrogens (tertiary/aromatic N) is 1. The lowest BCUT2D eigenvalue weighted by Gasteiger charge is -2.33. The molecule has 2 aromatic carbocycles. The molecular formula is C22H27N3O2. The number of piperidine rings is 1. The summed E-state index contributed by atoms with van der Waals surface area (Å²) in [6.07, 6.45) is 3.30. The van der Waals surface area contributed by atoms with Crippen molar-refractivity contribution in [1.29, 1.82) is 0 Å². The fourth-order valence-electron chi connectivity index (χ4n) is 3.49. The van der Waals surface area contributed by atoms with E-state index in [2.05, 4.69) is 12.2 Å². The van der Waals surface area contributed by atoms with Crippen LogP contribution >= 0.6 is 0 Å². The Labute approximate surface area is 160 Å². The molecule has 0 aliphatic carbocycles. The topological polar surface area (TPSA) is 75.4 Å². The maximum atomic E-state index is 12.8. The molecule has 0 saturated carbocycles. The molecule has 1 unspecified atom stereocenters. The van der Waals surface area contributed by atoms with E-state index in [1.807, 2.05) is 36.1 Å². The van der Waals surface area contributed by atoms with Crippen molar-refractivity contribution < 1.29 is 9.59 Å². The van der Waals surface area contributed by atoms with Gasteiger partial charge in [-0.05, 0) is 74.6 Å². The van der Waals surface area contributed by atoms with Crippen LogP contribution in [0.5, 0.6) is 0 Å². The lowest BCUT2D eigenvalue weighted by molar-refractivity contribution is 0.0635. The van der Waals surface area contributed by atoms with Crippen LogP contribution in [0.25, 0.3) is 0 Å². The molecule has 1 fully saturated rings. The summed E-state index contributed by atoms with van der Waals surface area (Å²) in [6, 6.07) is 13.0. The van der Waals surface area contributed by atoms with Crippen LogP contribution in [0.1, 0.15) is 58.0 Å². The molecule has 3 N–H and O–H groups in total. The fraction of sp³-hybridized carbons (Fsp3) is 0.364. The van der Waals surface area contributed by atoms with E-state index >= 15 is 0 Å². The first-order chi connectivity index (χ1) is 13.0. The number of aryl methyl sites for hydroxylation is 1. The van der Waals surface area contributed by atoms with Gasteiger partial charge < -0.3 is 16.0 Å². The lowest BCUT2D eigenvalue weighted by Crippen LogP contribution is -2.42. The predicted molar refractivity (Wildman–Crippen MR) is 108 cm³/mol. The van der Waals surface area contributed by atoms with E-state index in [4.69, 9.17) is 5.73 Å². The molecule has 5 heteroatoms. The van der Waals surface area contributed by atoms with Gasteiger partial charge in [0.15, 0.2) is 0 Å². The number of carbonyl (C=O) groups is 2. The molecule has 3 rings (SSSR count). The highest BCUT2D eigenvalue weighted by Gasteiger charge is 2.24. The van der Waals surface area contributed by atoms with Crippen molar-refractivity contribution in [3.05, 3.63) is 64.7 Å². The number of hydrogen-bond acceptors (Lipinski definition) is 3. The maximum Gasteiger partial charge on any atom is 0.255 e. The van der Waals surface area contributed by atoms with Gasteiger partial charge >= 0.3 is 0 Å². The minimum Gasteiger partial charge on any atom is -0.336 e. The molecule has 0 radical (unpaired) electrons. The molecule has 1 aliphatic rings. The average Bonchev–Trinajstić information content (AvgIpc) is 2.69. The summed E-state index contributed by atoms with van der Waals surface area (Å²) < 4.78 is 0. The molecule has 0 bridgehead atoms. The highest BCUT2D eigenvalue weighted by molar-refractivity contribution is 6.05. The third-order valence-corrected chi connectivity index (χ3v) is 5.24. The molecule has 1 heterocycles. The molecule has 2 aromatic rings. The lowest BCUT2D eigenvalue weighted by atomic mass is 10.0. The van der Waals surface area contributed by atoms with Gasteiger partial charge in [-0.2, -0.15) is 0 Å². The number of carbonyl (C=O) groups excluding carboxylic acids is 2. The summed E-state index contributed by atoms with van der Waals surface area (Å²) in [4.78, 5) is 27.2. The van der Waals surface area contributed by atoms with Crippen LogP contribution in [0.3, 0.4) is 0 Å². The Bertz CT molecular complexity index is 830. The van der Waals surface area contributed by atoms with Gasteiger partial charge in [-0.15, -0.1) is 0 Å². The molecule has 27 heavy (non-hydrogen) atoms. The van der Waals surface area contributed by atoms with Crippen molar-refractivity contribution in [2.75, 3.05) is 11.9 Å². The number of nitrogens with two attached hydrogens (primary N) is 1. The second-order valence-electron chi connectivity index (χ2n) is 7.23. The number of rotatable bonds is 4. The van der Waals surface area contributed by atoms with Gasteiger partial charge in [0.2, 0.25) is 0 Å². The molecule has 5 nitrogen and oxygen atoms in total. The van der Waals surface area contributed by atoms with Crippen molar-refractivity contribution in [3.63, 3.8) is 0 Å². The number of likely N-dealkylation sites (tertiary alicyclic amines) is 1. The highest BCUT2D eigenvalue weighted by Crippen LogP contribution is 2.22. The van der Waals surface area contributed by atoms with Crippen molar-refractivity contribution in [3.8, 4) is 0 Å². The normalized spacial score (nSPS) is 16.9. The molecular weight excluding hydrogens is 338 g/mol. The van der Waals surface area contributed by atoms with Crippen LogP contribution in [-0.4, -0.2) is 29.3 Å². The zero-order valence-corrected chi connectivity index (χ0v) is 16.0. The van der Waals surface area contributed by atoms with Crippen molar-refractivity contribution in [2.45, 2.75) is 45.7 Å². The minimum atomic E-state index is -0.176. The largest absolute Gasteiger partial charge is 0.336 e. The van der Waals surface area contributed by atoms with Gasteiger partial charge in [0, 0.05) is 35.9 Å². The quantitative estimate of drug-likeness (QED) is 0.867. The predicted octanol–water partition coefficient (Wildman–Crippen LogP) is 3.72. The van der Waals surface area contributed by atoms with E-state index < -0.39 is 0 Å². The molecule has 0 aromatic heterocycles. The van der Waals surface area contributed by atoms with E-state index in [0.717, 1.165) is 30.5 Å². The van der Waals surface area contributed by atoms with Crippen molar-refractivity contribution >= 4 is 17.5 Å². The van der Waals surface area contributed by atoms with Crippen LogP contribution in [0, 0.1) is 6.92 Å². The first-order valence-corrected chi connectivity index (χ1v) is 9.51. The van der Waals surface area contributed by atoms with Crippen molar-refractivity contribution in [2.24, 2.45) is 5.73 Å². The second-order valence-corrected chi connectivity index (χ2v) is 7.23. The Balaban J connectivity index is 1.72. The highest BCUT2D eigenvalue weighted by atomic mass is 16.2. The minimum absolute atomic E-state index is 0.0700. The van der Waals surface area contributed by atoms with Gasteiger partial charge in [-0.1, -0.05) is 12.1 Å². The first kappa shape index (κ1) is 19.1. The molecule has 1 atom stereocenters. The first-order valence-electron chi connectivity index (χ1n) is 9.51. The third-order valence-electron chi connectivity index (χ3n) is 5.24. The van der Waals surface area contributed by atoms with E-state index in [0.29, 0.717) is 23.4 Å². The zero-order chi connectivity index (χ0) is 19.4. The van der Waals surface area contributed by atoms with Crippen LogP contribution < -0.4 is 11.1 Å². The van der Waals surface area contributed by atoms with Crippen LogP contribution in [0.15, 0.2) is 42.5 Å². The summed E-state index contributed by atoms with van der Waals surface area (Å²) in [5.41, 5.74) is 9.41. The fourth-order valence-corrected chi connectivity index (χ4v) is 3.49. The van der Waals surface area contributed by atoms with Gasteiger partial charge in [0.05, 0.1) is 0 Å². The number of benzene rings is 2. The van der Waals surface area contributed by atoms with Crippen LogP contribution in [-0.2, 0) is 6.54 Å². The zero-order valence-electron chi connectivity index (χ0n) is 16.0. The number of anilines is 1. The average molecular weight is 365 g/mol. The van der Waals surface area contributed by atoms with Crippen molar-refractivity contribution in [1.82, 2.24) is 4.90 Å². The number of nitrogens with one attached hydrogen (secondary N) is 1. The molecule has 142 valence electrons. The van der Waals surface area contributed by atoms with Crippen LogP contribution in [0.4, 0.5) is 5.69 Å². The summed E-state index contributed by atoms with van der Waals surface area (Å²) in [7, 11) is 0. The van der Waals surface area contributed by atoms with E-state index in [1.165, 1.54) is 6.42 Å². The van der Waals surface area contributed by atoms with E-state index in [-0.39, 0.29) is 17.9 Å². The second kappa shape index (κ2) is 8.35. The molecule has 2 amide bonds. The van der Waals surface area contributed by atoms with Crippen LogP contribution in [0.2, 0.25) is 0 Å². The van der Waals surface area contributed by atoms with E-state index in [1.54, 1.807) is 18.2 Å². The standard InChI is InChI=1S/C22H27N3O2/c1-15-13-19(22(27)25-12-4-3-5-16(25)2)10-11-20(15)24-21(26)18-8-6-17(14-23)7-9-18/h6-11,13,16H,3-5,12,14,23H2,1-2H3,(H,24,26). The summed E-state index contributed by atoms with van der Waals surface area (Å²) in [5, 5.41) is 2.92. The van der Waals surface area contributed by atoms with Gasteiger partial charge in [-0.3, -0.25) is 9.59 Å². The Morgan fingerprint density at radius 3 is 2.44 bits per heavy atom. The summed E-state index contributed by atoms with van der Waals surface area (Å²) in [6.45, 7) is 5.28. The van der Waals surface area contributed by atoms with E-state index in [9.17, 15) is 9.59 Å². The Morgan fingerprint density at radius 2 is 1.81 bits per heavy atom. The van der Waals surface area contributed by atoms with Gasteiger partial charge in [-0.25, -0.2) is 0 Å². The Morgan fingerprint density at radius 1 is 1.11 bits per heavy atom. The molecule has 0 spiro atoms. The van der Waals surface area contributed by atoms with Gasteiger partial charge in [0.1, 0.15) is 0 Å². The molecule has 1 saturated heterocycles. The summed E-state index contributed by atoms with van der Waals surface area (Å²) in [5.74, 6) is -0.106. The smallest absolute Gasteiger partial charge is 0.255 e. The summed E-state index contributed by atoms with van der Waals surface area (Å²) >= 11 is 0. The maximum absolute atomic E-state index is 12.8. The molecule has 1 aliphatic heterocycles. The SMILES string of the molecule is Cc1cc(C(=O)N2CCCCC2C)ccc1NC(=O)c1ccc(CN)cc1. The Kier molecular flexibility index (Phi) is 5.91. The Hall–Kier alpha value is -2.66. The number of hydrogen-bond donors (Lipinski definition) is 2. The third kappa shape index (κ3) is 4.37. The number of amides is 2.